The van der Waals surface area contributed by atoms with E-state index in [-0.39, 0.29) is 11.7 Å². The van der Waals surface area contributed by atoms with Gasteiger partial charge in [-0.2, -0.15) is 0 Å². The minimum Gasteiger partial charge on any atom is -0.348 e. The molecular formula is C20H19NO3S. The molecule has 128 valence electrons. The molecule has 0 saturated carbocycles. The summed E-state index contributed by atoms with van der Waals surface area (Å²) >= 11 is 0. The summed E-state index contributed by atoms with van der Waals surface area (Å²) in [5.41, 5.74) is 2.09. The summed E-state index contributed by atoms with van der Waals surface area (Å²) in [7, 11) is -3.13. The van der Waals surface area contributed by atoms with Crippen molar-refractivity contribution in [1.29, 1.82) is 0 Å². The number of hydrogen-bond acceptors (Lipinski definition) is 3. The van der Waals surface area contributed by atoms with Gasteiger partial charge in [0.05, 0.1) is 5.75 Å². The highest BCUT2D eigenvalue weighted by Crippen LogP contribution is 2.16. The first-order valence-corrected chi connectivity index (χ1v) is 9.99. The molecular weight excluding hydrogens is 334 g/mol. The Bertz CT molecular complexity index is 1030. The number of nitrogens with one attached hydrogen (secondary N) is 1. The van der Waals surface area contributed by atoms with Crippen molar-refractivity contribution in [3.05, 3.63) is 83.4 Å². The Morgan fingerprint density at radius 2 is 1.64 bits per heavy atom. The van der Waals surface area contributed by atoms with Crippen LogP contribution in [0.2, 0.25) is 0 Å². The lowest BCUT2D eigenvalue weighted by atomic mass is 10.1. The minimum atomic E-state index is -3.13. The molecule has 0 aromatic heterocycles. The molecule has 0 fully saturated rings. The van der Waals surface area contributed by atoms with Crippen molar-refractivity contribution in [1.82, 2.24) is 5.32 Å². The lowest BCUT2D eigenvalue weighted by Crippen LogP contribution is -2.22. The lowest BCUT2D eigenvalue weighted by molar-refractivity contribution is 0.0951. The number of carbonyl (C=O) groups is 1. The van der Waals surface area contributed by atoms with Gasteiger partial charge in [0.15, 0.2) is 9.84 Å². The first kappa shape index (κ1) is 17.2. The maximum atomic E-state index is 12.3. The smallest absolute Gasteiger partial charge is 0.251 e. The van der Waals surface area contributed by atoms with E-state index in [4.69, 9.17) is 0 Å². The molecule has 0 aliphatic heterocycles. The Morgan fingerprint density at radius 3 is 2.40 bits per heavy atom. The van der Waals surface area contributed by atoms with E-state index in [1.165, 1.54) is 6.26 Å². The van der Waals surface area contributed by atoms with Gasteiger partial charge in [0.25, 0.3) is 5.91 Å². The summed E-state index contributed by atoms with van der Waals surface area (Å²) in [5, 5.41) is 5.17. The van der Waals surface area contributed by atoms with Crippen LogP contribution in [0.1, 0.15) is 21.5 Å². The SMILES string of the molecule is CS(=O)(=O)Cc1cccc(C(=O)NCc2ccc3ccccc3c2)c1. The first-order valence-electron chi connectivity index (χ1n) is 7.93. The van der Waals surface area contributed by atoms with Crippen molar-refractivity contribution in [2.24, 2.45) is 0 Å². The van der Waals surface area contributed by atoms with Gasteiger partial charge in [-0.25, -0.2) is 8.42 Å². The standard InChI is InChI=1S/C20H19NO3S/c1-25(23,24)14-16-5-4-8-19(12-16)20(22)21-13-15-9-10-17-6-2-3-7-18(17)11-15/h2-12H,13-14H2,1H3,(H,21,22). The third-order valence-corrected chi connectivity index (χ3v) is 4.74. The van der Waals surface area contributed by atoms with E-state index in [2.05, 4.69) is 11.4 Å². The van der Waals surface area contributed by atoms with Crippen LogP contribution in [0.3, 0.4) is 0 Å². The van der Waals surface area contributed by atoms with Crippen LogP contribution in [0.15, 0.2) is 66.7 Å². The van der Waals surface area contributed by atoms with E-state index in [0.29, 0.717) is 17.7 Å². The number of fused-ring (bicyclic) bond motifs is 1. The second kappa shape index (κ2) is 7.07. The Hall–Kier alpha value is -2.66. The highest BCUT2D eigenvalue weighted by atomic mass is 32.2. The average Bonchev–Trinajstić information content (AvgIpc) is 2.58. The molecule has 1 N–H and O–H groups in total. The zero-order valence-electron chi connectivity index (χ0n) is 13.9. The van der Waals surface area contributed by atoms with Gasteiger partial charge < -0.3 is 5.32 Å². The van der Waals surface area contributed by atoms with Crippen molar-refractivity contribution >= 4 is 26.5 Å². The summed E-state index contributed by atoms with van der Waals surface area (Å²) in [6, 6.07) is 20.8. The molecule has 3 aromatic carbocycles. The predicted octanol–water partition coefficient (Wildman–Crippen LogP) is 3.31. The topological polar surface area (TPSA) is 63.2 Å². The second-order valence-corrected chi connectivity index (χ2v) is 8.27. The molecule has 3 rings (SSSR count). The van der Waals surface area contributed by atoms with Crippen LogP contribution in [0.5, 0.6) is 0 Å². The molecule has 4 nitrogen and oxygen atoms in total. The van der Waals surface area contributed by atoms with Crippen molar-refractivity contribution in [3.63, 3.8) is 0 Å². The Labute approximate surface area is 147 Å². The van der Waals surface area contributed by atoms with Gasteiger partial charge in [0, 0.05) is 18.4 Å². The molecule has 0 atom stereocenters. The van der Waals surface area contributed by atoms with Gasteiger partial charge in [-0.05, 0) is 40.1 Å². The molecule has 0 heterocycles. The number of carbonyl (C=O) groups excluding carboxylic acids is 1. The van der Waals surface area contributed by atoms with Crippen LogP contribution in [-0.2, 0) is 22.1 Å². The van der Waals surface area contributed by atoms with Crippen molar-refractivity contribution in [2.45, 2.75) is 12.3 Å². The molecule has 0 spiro atoms. The number of benzene rings is 3. The van der Waals surface area contributed by atoms with E-state index < -0.39 is 9.84 Å². The third-order valence-electron chi connectivity index (χ3n) is 3.88. The average molecular weight is 353 g/mol. The Kier molecular flexibility index (Phi) is 4.86. The predicted molar refractivity (Wildman–Crippen MR) is 100 cm³/mol. The van der Waals surface area contributed by atoms with Crippen molar-refractivity contribution < 1.29 is 13.2 Å². The van der Waals surface area contributed by atoms with Crippen LogP contribution in [0.25, 0.3) is 10.8 Å². The van der Waals surface area contributed by atoms with Gasteiger partial charge in [-0.1, -0.05) is 48.5 Å². The first-order chi connectivity index (χ1) is 11.9. The number of amides is 1. The number of rotatable bonds is 5. The van der Waals surface area contributed by atoms with Crippen molar-refractivity contribution in [3.8, 4) is 0 Å². The van der Waals surface area contributed by atoms with Gasteiger partial charge in [-0.3, -0.25) is 4.79 Å². The molecule has 0 saturated heterocycles. The maximum absolute atomic E-state index is 12.3. The number of hydrogen-bond donors (Lipinski definition) is 1. The maximum Gasteiger partial charge on any atom is 0.251 e. The van der Waals surface area contributed by atoms with E-state index in [0.717, 1.165) is 16.3 Å². The van der Waals surface area contributed by atoms with Crippen LogP contribution >= 0.6 is 0 Å². The van der Waals surface area contributed by atoms with Crippen molar-refractivity contribution in [2.75, 3.05) is 6.26 Å². The second-order valence-electron chi connectivity index (χ2n) is 6.13. The fourth-order valence-corrected chi connectivity index (χ4v) is 3.52. The largest absolute Gasteiger partial charge is 0.348 e. The molecule has 0 aliphatic rings. The molecule has 0 bridgehead atoms. The van der Waals surface area contributed by atoms with Gasteiger partial charge >= 0.3 is 0 Å². The lowest BCUT2D eigenvalue weighted by Gasteiger charge is -2.08. The fourth-order valence-electron chi connectivity index (χ4n) is 2.74. The van der Waals surface area contributed by atoms with Crippen LogP contribution < -0.4 is 5.32 Å². The van der Waals surface area contributed by atoms with Gasteiger partial charge in [0.1, 0.15) is 0 Å². The summed E-state index contributed by atoms with van der Waals surface area (Å²) in [6.07, 6.45) is 1.18. The molecule has 5 heteroatoms. The van der Waals surface area contributed by atoms with Gasteiger partial charge in [-0.15, -0.1) is 0 Å². The summed E-state index contributed by atoms with van der Waals surface area (Å²) in [6.45, 7) is 0.417. The fraction of sp³-hybridized carbons (Fsp3) is 0.150. The quantitative estimate of drug-likeness (QED) is 0.765. The monoisotopic (exact) mass is 353 g/mol. The van der Waals surface area contributed by atoms with Crippen LogP contribution in [-0.4, -0.2) is 20.6 Å². The van der Waals surface area contributed by atoms with Gasteiger partial charge in [0.2, 0.25) is 0 Å². The molecule has 3 aromatic rings. The number of sulfone groups is 1. The third kappa shape index (κ3) is 4.67. The van der Waals surface area contributed by atoms with E-state index >= 15 is 0 Å². The molecule has 0 unspecified atom stereocenters. The minimum absolute atomic E-state index is 0.0706. The molecule has 25 heavy (non-hydrogen) atoms. The summed E-state index contributed by atoms with van der Waals surface area (Å²) in [4.78, 5) is 12.3. The van der Waals surface area contributed by atoms with Crippen LogP contribution in [0, 0.1) is 0 Å². The van der Waals surface area contributed by atoms with E-state index in [1.54, 1.807) is 24.3 Å². The van der Waals surface area contributed by atoms with Crippen LogP contribution in [0.4, 0.5) is 0 Å². The summed E-state index contributed by atoms with van der Waals surface area (Å²) in [5.74, 6) is -0.290. The zero-order valence-corrected chi connectivity index (χ0v) is 14.7. The Balaban J connectivity index is 1.70. The highest BCUT2D eigenvalue weighted by molar-refractivity contribution is 7.89. The summed E-state index contributed by atoms with van der Waals surface area (Å²) < 4.78 is 22.8. The van der Waals surface area contributed by atoms with E-state index in [9.17, 15) is 13.2 Å². The normalized spacial score (nSPS) is 11.4. The molecule has 0 radical (unpaired) electrons. The van der Waals surface area contributed by atoms with E-state index in [1.807, 2.05) is 36.4 Å². The highest BCUT2D eigenvalue weighted by Gasteiger charge is 2.09. The molecule has 1 amide bonds. The molecule has 0 aliphatic carbocycles. The zero-order chi connectivity index (χ0) is 17.9. The Morgan fingerprint density at radius 1 is 0.880 bits per heavy atom.